The molecule has 0 saturated carbocycles. The number of carbonyl (C=O) groups excluding carboxylic acids is 2. The highest BCUT2D eigenvalue weighted by atomic mass is 35.5. The average Bonchev–Trinajstić information content (AvgIpc) is 2.75. The number of halogens is 3. The Hall–Kier alpha value is -3.78. The average molecular weight is 444 g/mol. The fraction of sp³-hybridized carbons (Fsp3) is 0.0455. The highest BCUT2D eigenvalue weighted by molar-refractivity contribution is 6.32. The van der Waals surface area contributed by atoms with Gasteiger partial charge in [-0.3, -0.25) is 9.59 Å². The topological polar surface area (TPSA) is 79.8 Å². The number of nitrogens with zero attached hydrogens (tertiary/aromatic N) is 1. The lowest BCUT2D eigenvalue weighted by Gasteiger charge is -2.09. The zero-order valence-corrected chi connectivity index (χ0v) is 16.7. The van der Waals surface area contributed by atoms with Gasteiger partial charge in [-0.2, -0.15) is 5.10 Å². The van der Waals surface area contributed by atoms with Gasteiger partial charge in [0.1, 0.15) is 17.4 Å². The molecule has 0 unspecified atom stereocenters. The van der Waals surface area contributed by atoms with Crippen molar-refractivity contribution in [1.82, 2.24) is 5.43 Å². The molecule has 0 bridgehead atoms. The number of ether oxygens (including phenoxy) is 1. The fourth-order valence-electron chi connectivity index (χ4n) is 2.44. The van der Waals surface area contributed by atoms with Crippen LogP contribution in [0.3, 0.4) is 0 Å². The van der Waals surface area contributed by atoms with E-state index in [1.165, 1.54) is 60.8 Å². The first-order valence-electron chi connectivity index (χ1n) is 8.98. The van der Waals surface area contributed by atoms with Crippen LogP contribution in [-0.4, -0.2) is 24.6 Å². The maximum Gasteiger partial charge on any atom is 0.271 e. The van der Waals surface area contributed by atoms with Crippen molar-refractivity contribution in [3.63, 3.8) is 0 Å². The molecule has 3 aromatic carbocycles. The van der Waals surface area contributed by atoms with E-state index in [2.05, 4.69) is 15.8 Å². The summed E-state index contributed by atoms with van der Waals surface area (Å²) < 4.78 is 31.8. The van der Waals surface area contributed by atoms with Gasteiger partial charge in [0.25, 0.3) is 11.8 Å². The van der Waals surface area contributed by atoms with Crippen LogP contribution in [0.5, 0.6) is 5.75 Å². The quantitative estimate of drug-likeness (QED) is 0.419. The molecule has 2 N–H and O–H groups in total. The molecule has 0 aliphatic heterocycles. The van der Waals surface area contributed by atoms with Crippen LogP contribution in [0.4, 0.5) is 14.5 Å². The second-order valence-electron chi connectivity index (χ2n) is 6.21. The van der Waals surface area contributed by atoms with Gasteiger partial charge in [-0.25, -0.2) is 14.2 Å². The van der Waals surface area contributed by atoms with Crippen molar-refractivity contribution in [3.8, 4) is 5.75 Å². The highest BCUT2D eigenvalue weighted by Crippen LogP contribution is 2.25. The molecule has 0 saturated heterocycles. The van der Waals surface area contributed by atoms with Gasteiger partial charge in [0.15, 0.2) is 6.61 Å². The second-order valence-corrected chi connectivity index (χ2v) is 6.62. The molecule has 31 heavy (non-hydrogen) atoms. The fourth-order valence-corrected chi connectivity index (χ4v) is 2.68. The van der Waals surface area contributed by atoms with Crippen molar-refractivity contribution in [2.75, 3.05) is 11.9 Å². The summed E-state index contributed by atoms with van der Waals surface area (Å²) in [6.07, 6.45) is 1.36. The smallest absolute Gasteiger partial charge is 0.271 e. The number of benzene rings is 3. The van der Waals surface area contributed by atoms with Crippen molar-refractivity contribution in [2.45, 2.75) is 0 Å². The minimum Gasteiger partial charge on any atom is -0.482 e. The first-order chi connectivity index (χ1) is 14.9. The predicted octanol–water partition coefficient (Wildman–Crippen LogP) is 4.40. The van der Waals surface area contributed by atoms with Crippen molar-refractivity contribution in [2.24, 2.45) is 5.10 Å². The summed E-state index contributed by atoms with van der Waals surface area (Å²) in [6, 6.07) is 15.5. The number of para-hydroxylation sites is 1. The Kier molecular flexibility index (Phi) is 7.29. The van der Waals surface area contributed by atoms with Crippen LogP contribution in [0.25, 0.3) is 0 Å². The molecule has 3 aromatic rings. The van der Waals surface area contributed by atoms with E-state index in [1.54, 1.807) is 12.1 Å². The Balaban J connectivity index is 1.52. The van der Waals surface area contributed by atoms with Crippen molar-refractivity contribution >= 4 is 35.3 Å². The summed E-state index contributed by atoms with van der Waals surface area (Å²) in [5, 5.41) is 6.44. The third-order valence-electron chi connectivity index (χ3n) is 3.95. The van der Waals surface area contributed by atoms with Crippen molar-refractivity contribution in [3.05, 3.63) is 94.5 Å². The Labute approximate surface area is 181 Å². The third kappa shape index (κ3) is 6.35. The molecule has 2 amide bonds. The molecule has 0 radical (unpaired) electrons. The number of amides is 2. The first-order valence-corrected chi connectivity index (χ1v) is 9.36. The normalized spacial score (nSPS) is 10.7. The molecule has 0 atom stereocenters. The van der Waals surface area contributed by atoms with Crippen molar-refractivity contribution in [1.29, 1.82) is 0 Å². The van der Waals surface area contributed by atoms with Gasteiger partial charge in [0, 0.05) is 5.56 Å². The van der Waals surface area contributed by atoms with Crippen LogP contribution in [0.1, 0.15) is 15.9 Å². The second kappa shape index (κ2) is 10.3. The van der Waals surface area contributed by atoms with Gasteiger partial charge < -0.3 is 10.1 Å². The number of rotatable bonds is 7. The summed E-state index contributed by atoms with van der Waals surface area (Å²) >= 11 is 6.15. The summed E-state index contributed by atoms with van der Waals surface area (Å²) in [5.74, 6) is -1.79. The van der Waals surface area contributed by atoms with Gasteiger partial charge in [-0.1, -0.05) is 23.7 Å². The van der Waals surface area contributed by atoms with Gasteiger partial charge in [0.05, 0.1) is 16.9 Å². The van der Waals surface area contributed by atoms with Crippen molar-refractivity contribution < 1.29 is 23.1 Å². The number of hydrogen-bond acceptors (Lipinski definition) is 4. The van der Waals surface area contributed by atoms with Crippen LogP contribution < -0.4 is 15.5 Å². The molecule has 0 fully saturated rings. The van der Waals surface area contributed by atoms with E-state index in [4.69, 9.17) is 16.3 Å². The van der Waals surface area contributed by atoms with Gasteiger partial charge in [-0.05, 0) is 60.2 Å². The summed E-state index contributed by atoms with van der Waals surface area (Å²) in [4.78, 5) is 23.8. The van der Waals surface area contributed by atoms with Crippen LogP contribution in [-0.2, 0) is 4.79 Å². The van der Waals surface area contributed by atoms with Crippen LogP contribution >= 0.6 is 11.6 Å². The van der Waals surface area contributed by atoms with E-state index < -0.39 is 23.4 Å². The van der Waals surface area contributed by atoms with Crippen LogP contribution in [0.15, 0.2) is 71.8 Å². The SMILES string of the molecule is O=C(COc1ccc(C=NNC(=O)c2ccc(F)cc2)cc1Cl)Nc1ccccc1F. The Bertz CT molecular complexity index is 1120. The number of nitrogens with one attached hydrogen (secondary N) is 2. The minimum atomic E-state index is -0.552. The molecule has 0 aliphatic rings. The van der Waals surface area contributed by atoms with Crippen LogP contribution in [0.2, 0.25) is 5.02 Å². The summed E-state index contributed by atoms with van der Waals surface area (Å²) in [5.41, 5.74) is 3.19. The lowest BCUT2D eigenvalue weighted by atomic mass is 10.2. The number of carbonyl (C=O) groups is 2. The van der Waals surface area contributed by atoms with E-state index in [1.807, 2.05) is 0 Å². The number of hydrazone groups is 1. The maximum atomic E-state index is 13.6. The molecule has 0 aliphatic carbocycles. The largest absolute Gasteiger partial charge is 0.482 e. The molecule has 0 spiro atoms. The van der Waals surface area contributed by atoms with E-state index in [-0.39, 0.29) is 28.6 Å². The summed E-state index contributed by atoms with van der Waals surface area (Å²) in [6.45, 7) is -0.366. The third-order valence-corrected chi connectivity index (χ3v) is 4.24. The Morgan fingerprint density at radius 2 is 1.77 bits per heavy atom. The van der Waals surface area contributed by atoms with Crippen LogP contribution in [0, 0.1) is 11.6 Å². The van der Waals surface area contributed by atoms with E-state index in [0.29, 0.717) is 5.56 Å². The van der Waals surface area contributed by atoms with E-state index in [9.17, 15) is 18.4 Å². The molecule has 6 nitrogen and oxygen atoms in total. The molecule has 0 aromatic heterocycles. The zero-order chi connectivity index (χ0) is 22.2. The summed E-state index contributed by atoms with van der Waals surface area (Å²) in [7, 11) is 0. The molecule has 3 rings (SSSR count). The number of anilines is 1. The first kappa shape index (κ1) is 21.9. The lowest BCUT2D eigenvalue weighted by Crippen LogP contribution is -2.20. The van der Waals surface area contributed by atoms with Gasteiger partial charge >= 0.3 is 0 Å². The monoisotopic (exact) mass is 443 g/mol. The molecular weight excluding hydrogens is 428 g/mol. The van der Waals surface area contributed by atoms with Gasteiger partial charge in [0.2, 0.25) is 0 Å². The Morgan fingerprint density at radius 1 is 1.03 bits per heavy atom. The number of hydrogen-bond donors (Lipinski definition) is 2. The van der Waals surface area contributed by atoms with E-state index in [0.717, 1.165) is 0 Å². The molecule has 0 heterocycles. The molecule has 9 heteroatoms. The minimum absolute atomic E-state index is 0.0523. The standard InChI is InChI=1S/C22H16ClF2N3O3/c23-17-11-14(12-26-28-22(30)15-6-8-16(24)9-7-15)5-10-20(17)31-13-21(29)27-19-4-2-1-3-18(19)25/h1-12H,13H2,(H,27,29)(H,28,30). The lowest BCUT2D eigenvalue weighted by molar-refractivity contribution is -0.118. The zero-order valence-electron chi connectivity index (χ0n) is 15.9. The predicted molar refractivity (Wildman–Crippen MR) is 113 cm³/mol. The Morgan fingerprint density at radius 3 is 2.48 bits per heavy atom. The maximum absolute atomic E-state index is 13.6. The highest BCUT2D eigenvalue weighted by Gasteiger charge is 2.09. The molecular formula is C22H16ClF2N3O3. The van der Waals surface area contributed by atoms with E-state index >= 15 is 0 Å². The van der Waals surface area contributed by atoms with Gasteiger partial charge in [-0.15, -0.1) is 0 Å². The molecule has 158 valence electrons.